The van der Waals surface area contributed by atoms with Crippen LogP contribution in [0.25, 0.3) is 11.0 Å². The van der Waals surface area contributed by atoms with E-state index in [0.717, 1.165) is 0 Å². The van der Waals surface area contributed by atoms with Gasteiger partial charge in [-0.3, -0.25) is 19.0 Å². The zero-order chi connectivity index (χ0) is 27.9. The first-order valence-corrected chi connectivity index (χ1v) is 13.0. The molecule has 39 heavy (non-hydrogen) atoms. The van der Waals surface area contributed by atoms with Gasteiger partial charge in [-0.05, 0) is 25.2 Å². The Hall–Kier alpha value is -3.58. The number of piperidine rings is 1. The van der Waals surface area contributed by atoms with Crippen molar-refractivity contribution in [2.24, 2.45) is 0 Å². The van der Waals surface area contributed by atoms with Crippen molar-refractivity contribution in [2.75, 3.05) is 50.5 Å². The minimum absolute atomic E-state index is 0.0226. The van der Waals surface area contributed by atoms with Crippen molar-refractivity contribution in [3.8, 4) is 0 Å². The van der Waals surface area contributed by atoms with E-state index < -0.39 is 17.0 Å². The van der Waals surface area contributed by atoms with Gasteiger partial charge in [-0.25, -0.2) is 13.8 Å². The number of carbonyl (C=O) groups excluding carboxylic acids is 1. The second-order valence-corrected chi connectivity index (χ2v) is 10.4. The SMILES string of the molecule is CNC(=O)CCn1c(=O)c(=O)n(C2CN(C)C2)c2ccc(Nc3nc(N4CCC(F)(F)CC4)ncc3Cl)cc21. The Morgan fingerprint density at radius 1 is 1.15 bits per heavy atom. The number of nitrogens with zero attached hydrogens (tertiary/aromatic N) is 6. The molecule has 0 unspecified atom stereocenters. The molecule has 208 valence electrons. The quantitative estimate of drug-likeness (QED) is 0.421. The van der Waals surface area contributed by atoms with Gasteiger partial charge in [0, 0.05) is 64.7 Å². The molecule has 0 radical (unpaired) electrons. The van der Waals surface area contributed by atoms with Crippen LogP contribution in [-0.4, -0.2) is 76.1 Å². The minimum Gasteiger partial charge on any atom is -0.359 e. The Balaban J connectivity index is 1.52. The number of halogens is 3. The molecule has 2 saturated heterocycles. The summed E-state index contributed by atoms with van der Waals surface area (Å²) < 4.78 is 30.1. The Labute approximate surface area is 227 Å². The summed E-state index contributed by atoms with van der Waals surface area (Å²) in [6, 6.07) is 5.06. The molecule has 2 aliphatic rings. The molecule has 1 amide bonds. The first-order chi connectivity index (χ1) is 18.6. The van der Waals surface area contributed by atoms with E-state index in [1.807, 2.05) is 11.9 Å². The molecule has 0 spiro atoms. The number of fused-ring (bicyclic) bond motifs is 1. The van der Waals surface area contributed by atoms with E-state index in [1.165, 1.54) is 22.4 Å². The number of aromatic nitrogens is 4. The molecule has 4 heterocycles. The van der Waals surface area contributed by atoms with E-state index in [2.05, 4.69) is 20.6 Å². The maximum Gasteiger partial charge on any atom is 0.317 e. The number of likely N-dealkylation sites (tertiary alicyclic amines) is 1. The van der Waals surface area contributed by atoms with E-state index in [1.54, 1.807) is 23.1 Å². The third-order valence-corrected chi connectivity index (χ3v) is 7.47. The lowest BCUT2D eigenvalue weighted by molar-refractivity contribution is -0.120. The number of benzene rings is 1. The fourth-order valence-corrected chi connectivity index (χ4v) is 5.12. The van der Waals surface area contributed by atoms with Gasteiger partial charge in [-0.1, -0.05) is 11.6 Å². The summed E-state index contributed by atoms with van der Waals surface area (Å²) in [5.41, 5.74) is 0.245. The van der Waals surface area contributed by atoms with Crippen LogP contribution in [0.4, 0.5) is 26.2 Å². The van der Waals surface area contributed by atoms with Crippen molar-refractivity contribution in [3.05, 3.63) is 50.1 Å². The van der Waals surface area contributed by atoms with Gasteiger partial charge < -0.3 is 25.0 Å². The number of carbonyl (C=O) groups is 1. The molecular weight excluding hydrogens is 534 g/mol. The summed E-state index contributed by atoms with van der Waals surface area (Å²) >= 11 is 6.36. The van der Waals surface area contributed by atoms with E-state index in [9.17, 15) is 23.2 Å². The molecule has 2 N–H and O–H groups in total. The first kappa shape index (κ1) is 27.0. The molecule has 1 aromatic carbocycles. The molecule has 14 heteroatoms. The molecule has 5 rings (SSSR count). The smallest absolute Gasteiger partial charge is 0.317 e. The van der Waals surface area contributed by atoms with Crippen LogP contribution in [0.3, 0.4) is 0 Å². The van der Waals surface area contributed by atoms with Crippen molar-refractivity contribution < 1.29 is 13.6 Å². The van der Waals surface area contributed by atoms with Gasteiger partial charge in [0.1, 0.15) is 5.02 Å². The lowest BCUT2D eigenvalue weighted by atomic mass is 10.1. The first-order valence-electron chi connectivity index (χ1n) is 12.7. The van der Waals surface area contributed by atoms with Crippen molar-refractivity contribution in [2.45, 2.75) is 37.8 Å². The molecular formula is C25H29ClF2N8O3. The summed E-state index contributed by atoms with van der Waals surface area (Å²) in [5, 5.41) is 5.88. The molecule has 0 aliphatic carbocycles. The third-order valence-electron chi connectivity index (χ3n) is 7.20. The van der Waals surface area contributed by atoms with E-state index in [4.69, 9.17) is 11.6 Å². The number of amides is 1. The summed E-state index contributed by atoms with van der Waals surface area (Å²) in [6.45, 7) is 1.54. The largest absolute Gasteiger partial charge is 0.359 e. The van der Waals surface area contributed by atoms with Crippen LogP contribution in [0.1, 0.15) is 25.3 Å². The third kappa shape index (κ3) is 5.46. The molecule has 11 nitrogen and oxygen atoms in total. The topological polar surface area (TPSA) is 117 Å². The van der Waals surface area contributed by atoms with Crippen LogP contribution < -0.4 is 26.7 Å². The van der Waals surface area contributed by atoms with E-state index in [-0.39, 0.29) is 67.6 Å². The normalized spacial score (nSPS) is 17.7. The van der Waals surface area contributed by atoms with Crippen molar-refractivity contribution >= 4 is 46.0 Å². The van der Waals surface area contributed by atoms with Gasteiger partial charge in [0.25, 0.3) is 5.92 Å². The molecule has 0 bridgehead atoms. The Morgan fingerprint density at radius 3 is 2.54 bits per heavy atom. The molecule has 0 saturated carbocycles. The van der Waals surface area contributed by atoms with Crippen molar-refractivity contribution in [3.63, 3.8) is 0 Å². The van der Waals surface area contributed by atoms with Crippen LogP contribution in [0.15, 0.2) is 34.0 Å². The van der Waals surface area contributed by atoms with Gasteiger partial charge in [-0.15, -0.1) is 0 Å². The number of aryl methyl sites for hydroxylation is 1. The van der Waals surface area contributed by atoms with Crippen molar-refractivity contribution in [1.82, 2.24) is 29.3 Å². The number of rotatable bonds is 7. The average Bonchev–Trinajstić information content (AvgIpc) is 2.89. The van der Waals surface area contributed by atoms with Gasteiger partial charge in [-0.2, -0.15) is 4.98 Å². The van der Waals surface area contributed by atoms with Gasteiger partial charge in [0.15, 0.2) is 5.82 Å². The highest BCUT2D eigenvalue weighted by atomic mass is 35.5. The average molecular weight is 563 g/mol. The number of hydrogen-bond acceptors (Lipinski definition) is 8. The van der Waals surface area contributed by atoms with Crippen molar-refractivity contribution in [1.29, 1.82) is 0 Å². The zero-order valence-corrected chi connectivity index (χ0v) is 22.3. The highest BCUT2D eigenvalue weighted by Crippen LogP contribution is 2.32. The van der Waals surface area contributed by atoms with Crippen LogP contribution >= 0.6 is 11.6 Å². The Morgan fingerprint density at radius 2 is 1.87 bits per heavy atom. The second kappa shape index (κ2) is 10.5. The molecule has 0 atom stereocenters. The molecule has 2 fully saturated rings. The van der Waals surface area contributed by atoms with Crippen LogP contribution in [0.2, 0.25) is 5.02 Å². The van der Waals surface area contributed by atoms with Gasteiger partial charge in [0.2, 0.25) is 11.9 Å². The lowest BCUT2D eigenvalue weighted by Gasteiger charge is -2.38. The minimum atomic E-state index is -2.70. The van der Waals surface area contributed by atoms with Crippen LogP contribution in [0, 0.1) is 0 Å². The fraction of sp³-hybridized carbons (Fsp3) is 0.480. The number of anilines is 3. The Kier molecular flexibility index (Phi) is 7.29. The van der Waals surface area contributed by atoms with Gasteiger partial charge >= 0.3 is 11.1 Å². The number of hydrogen-bond donors (Lipinski definition) is 2. The summed E-state index contributed by atoms with van der Waals surface area (Å²) in [6.07, 6.45) is 0.871. The van der Waals surface area contributed by atoms with Crippen LogP contribution in [-0.2, 0) is 11.3 Å². The molecule has 2 aromatic heterocycles. The van der Waals surface area contributed by atoms with E-state index in [0.29, 0.717) is 29.8 Å². The number of nitrogens with one attached hydrogen (secondary N) is 2. The maximum atomic E-state index is 13.6. The van der Waals surface area contributed by atoms with Gasteiger partial charge in [0.05, 0.1) is 23.3 Å². The zero-order valence-electron chi connectivity index (χ0n) is 21.6. The highest BCUT2D eigenvalue weighted by Gasteiger charge is 2.35. The van der Waals surface area contributed by atoms with E-state index >= 15 is 0 Å². The molecule has 2 aliphatic heterocycles. The summed E-state index contributed by atoms with van der Waals surface area (Å²) in [7, 11) is 3.44. The Bertz CT molecular complexity index is 1530. The van der Waals surface area contributed by atoms with Crippen LogP contribution in [0.5, 0.6) is 0 Å². The standard InChI is InChI=1S/C25H29ClF2N8O3/c1-29-20(37)5-8-35-19-11-15(3-4-18(19)36(23(39)22(35)38)16-13-33(2)14-16)31-21-17(26)12-30-24(32-21)34-9-6-25(27,28)7-10-34/h3-4,11-12,16H,5-10,13-14H2,1-2H3,(H,29,37)(H,30,31,32). The predicted octanol–water partition coefficient (Wildman–Crippen LogP) is 2.21. The summed E-state index contributed by atoms with van der Waals surface area (Å²) in [5.74, 6) is -2.40. The highest BCUT2D eigenvalue weighted by molar-refractivity contribution is 6.32. The lowest BCUT2D eigenvalue weighted by Crippen LogP contribution is -2.52. The summed E-state index contributed by atoms with van der Waals surface area (Å²) in [4.78, 5) is 50.6. The second-order valence-electron chi connectivity index (χ2n) is 9.97. The maximum absolute atomic E-state index is 13.6. The molecule has 3 aromatic rings. The number of likely N-dealkylation sites (N-methyl/N-ethyl adjacent to an activating group) is 1. The predicted molar refractivity (Wildman–Crippen MR) is 144 cm³/mol. The number of alkyl halides is 2. The fourth-order valence-electron chi connectivity index (χ4n) is 4.98. The monoisotopic (exact) mass is 562 g/mol.